The molecule has 248 valence electrons. The maximum Gasteiger partial charge on any atom is 0.490 e. The molecule has 3 saturated heterocycles. The van der Waals surface area contributed by atoms with Crippen molar-refractivity contribution in [3.63, 3.8) is 0 Å². The second-order valence-corrected chi connectivity index (χ2v) is 12.6. The number of benzene rings is 1. The Labute approximate surface area is 270 Å². The molecule has 15 heteroatoms. The Morgan fingerprint density at radius 1 is 1.07 bits per heavy atom. The zero-order valence-electron chi connectivity index (χ0n) is 25.3. The molecule has 46 heavy (non-hydrogen) atoms. The van der Waals surface area contributed by atoms with Gasteiger partial charge in [0.25, 0.3) is 5.91 Å². The number of amides is 1. The molecule has 3 aliphatic heterocycles. The second-order valence-electron chi connectivity index (χ2n) is 12.2. The third-order valence-electron chi connectivity index (χ3n) is 9.12. The average Bonchev–Trinajstić information content (AvgIpc) is 3.61. The molecule has 2 aromatic rings. The van der Waals surface area contributed by atoms with Crippen LogP contribution in [0.2, 0.25) is 5.02 Å². The number of aliphatic carboxylic acids is 1. The quantitative estimate of drug-likeness (QED) is 0.471. The summed E-state index contributed by atoms with van der Waals surface area (Å²) in [6.07, 6.45) is 2.59. The summed E-state index contributed by atoms with van der Waals surface area (Å²) in [7, 11) is 0. The summed E-state index contributed by atoms with van der Waals surface area (Å²) in [5.74, 6) is 0.353. The van der Waals surface area contributed by atoms with E-state index in [4.69, 9.17) is 31.5 Å². The Morgan fingerprint density at radius 3 is 2.26 bits per heavy atom. The predicted molar refractivity (Wildman–Crippen MR) is 163 cm³/mol. The highest BCUT2D eigenvalue weighted by atomic mass is 35.5. The third-order valence-corrected chi connectivity index (χ3v) is 9.44. The molecule has 4 aliphatic rings. The van der Waals surface area contributed by atoms with Gasteiger partial charge in [0.15, 0.2) is 0 Å². The van der Waals surface area contributed by atoms with Crippen LogP contribution in [0.1, 0.15) is 41.7 Å². The minimum absolute atomic E-state index is 0.0329. The van der Waals surface area contributed by atoms with Gasteiger partial charge in [0.1, 0.15) is 23.3 Å². The number of alkyl halides is 3. The summed E-state index contributed by atoms with van der Waals surface area (Å²) in [6, 6.07) is 7.27. The molecule has 11 nitrogen and oxygen atoms in total. The SMILES string of the molecule is N#Cc1ccc(OC2C[C@@H]3CN(C(=O)c4cnc(N5CCC(CN6CCNCC6)CC5)cn4)C[C@@H]3C2)cc1Cl.O=C(O)C(F)(F)F. The minimum Gasteiger partial charge on any atom is -0.490 e. The van der Waals surface area contributed by atoms with E-state index < -0.39 is 12.1 Å². The van der Waals surface area contributed by atoms with Crippen LogP contribution in [0.25, 0.3) is 0 Å². The van der Waals surface area contributed by atoms with E-state index in [0.29, 0.717) is 33.9 Å². The first-order chi connectivity index (χ1) is 22.0. The van der Waals surface area contributed by atoms with Crippen LogP contribution in [-0.2, 0) is 4.79 Å². The highest BCUT2D eigenvalue weighted by molar-refractivity contribution is 6.31. The number of piperidine rings is 1. The van der Waals surface area contributed by atoms with Gasteiger partial charge in [-0.25, -0.2) is 14.8 Å². The van der Waals surface area contributed by atoms with Gasteiger partial charge in [0, 0.05) is 65.0 Å². The number of fused-ring (bicyclic) bond motifs is 1. The minimum atomic E-state index is -5.08. The maximum absolute atomic E-state index is 13.2. The van der Waals surface area contributed by atoms with Crippen LogP contribution in [0.3, 0.4) is 0 Å². The number of aromatic nitrogens is 2. The molecule has 1 amide bonds. The number of carbonyl (C=O) groups is 2. The smallest absolute Gasteiger partial charge is 0.490 e. The Hall–Kier alpha value is -3.67. The molecule has 0 spiro atoms. The number of likely N-dealkylation sites (tertiary alicyclic amines) is 1. The summed E-state index contributed by atoms with van der Waals surface area (Å²) in [5, 5.41) is 20.0. The summed E-state index contributed by atoms with van der Waals surface area (Å²) in [5.41, 5.74) is 0.871. The van der Waals surface area contributed by atoms with Crippen molar-refractivity contribution in [2.75, 3.05) is 63.8 Å². The summed E-state index contributed by atoms with van der Waals surface area (Å²) < 4.78 is 37.9. The fourth-order valence-corrected chi connectivity index (χ4v) is 6.93. The molecule has 1 unspecified atom stereocenters. The van der Waals surface area contributed by atoms with E-state index in [1.54, 1.807) is 30.6 Å². The van der Waals surface area contributed by atoms with E-state index in [2.05, 4.69) is 31.2 Å². The van der Waals surface area contributed by atoms with Crippen molar-refractivity contribution in [1.82, 2.24) is 25.1 Å². The first-order valence-electron chi connectivity index (χ1n) is 15.5. The lowest BCUT2D eigenvalue weighted by molar-refractivity contribution is -0.192. The van der Waals surface area contributed by atoms with Crippen LogP contribution in [0.5, 0.6) is 5.75 Å². The highest BCUT2D eigenvalue weighted by Gasteiger charge is 2.43. The van der Waals surface area contributed by atoms with Gasteiger partial charge in [-0.3, -0.25) is 4.79 Å². The number of hydrogen-bond acceptors (Lipinski definition) is 9. The monoisotopic (exact) mass is 663 g/mol. The predicted octanol–water partition coefficient (Wildman–Crippen LogP) is 3.69. The van der Waals surface area contributed by atoms with E-state index in [-0.39, 0.29) is 12.0 Å². The van der Waals surface area contributed by atoms with Crippen molar-refractivity contribution < 1.29 is 32.6 Å². The summed E-state index contributed by atoms with van der Waals surface area (Å²) in [4.78, 5) is 38.1. The van der Waals surface area contributed by atoms with Crippen molar-refractivity contribution >= 4 is 29.3 Å². The Morgan fingerprint density at radius 2 is 1.72 bits per heavy atom. The molecule has 1 aliphatic carbocycles. The third kappa shape index (κ3) is 8.57. The number of carboxylic acids is 1. The number of nitriles is 1. The van der Waals surface area contributed by atoms with Crippen molar-refractivity contribution in [2.45, 2.75) is 38.0 Å². The molecule has 1 aromatic heterocycles. The number of rotatable bonds is 6. The molecule has 2 N–H and O–H groups in total. The van der Waals surface area contributed by atoms with E-state index >= 15 is 0 Å². The van der Waals surface area contributed by atoms with Gasteiger partial charge >= 0.3 is 12.1 Å². The van der Waals surface area contributed by atoms with Gasteiger partial charge in [0.05, 0.1) is 29.1 Å². The fourth-order valence-electron chi connectivity index (χ4n) is 6.72. The van der Waals surface area contributed by atoms with Gasteiger partial charge < -0.3 is 29.9 Å². The summed E-state index contributed by atoms with van der Waals surface area (Å²) in [6.45, 7) is 9.14. The van der Waals surface area contributed by atoms with Gasteiger partial charge in [-0.05, 0) is 55.6 Å². The molecule has 4 fully saturated rings. The topological polar surface area (TPSA) is 135 Å². The standard InChI is InChI=1S/C29H36ClN7O2.C2HF3O2/c30-26-13-24(2-1-21(26)14-31)39-25-11-22-18-37(19-23(22)12-25)29(38)27-15-34-28(16-33-27)36-7-3-20(4-8-36)17-35-9-5-32-6-10-35;3-2(4,5)1(6)7/h1-2,13,15-16,20,22-23,25,32H,3-12,17-19H2;(H,6,7)/t22-,23+,25?;. The number of ether oxygens (including phenoxy) is 1. The van der Waals surface area contributed by atoms with Crippen LogP contribution in [0.4, 0.5) is 19.0 Å². The lowest BCUT2D eigenvalue weighted by Crippen LogP contribution is -2.47. The van der Waals surface area contributed by atoms with Gasteiger partial charge in [-0.15, -0.1) is 0 Å². The number of hydrogen-bond donors (Lipinski definition) is 2. The van der Waals surface area contributed by atoms with Crippen molar-refractivity contribution in [3.05, 3.63) is 46.9 Å². The summed E-state index contributed by atoms with van der Waals surface area (Å²) >= 11 is 6.15. The van der Waals surface area contributed by atoms with Crippen LogP contribution in [0, 0.1) is 29.1 Å². The number of carboxylic acid groups (broad SMARTS) is 1. The molecule has 4 heterocycles. The highest BCUT2D eigenvalue weighted by Crippen LogP contribution is 2.40. The number of nitrogens with one attached hydrogen (secondary N) is 1. The van der Waals surface area contributed by atoms with E-state index in [0.717, 1.165) is 76.9 Å². The van der Waals surface area contributed by atoms with E-state index in [1.165, 1.54) is 19.4 Å². The number of halogens is 4. The van der Waals surface area contributed by atoms with Crippen LogP contribution < -0.4 is 15.0 Å². The Balaban J connectivity index is 0.000000537. The van der Waals surface area contributed by atoms with E-state index in [1.807, 2.05) is 4.90 Å². The van der Waals surface area contributed by atoms with Crippen molar-refractivity contribution in [1.29, 1.82) is 5.26 Å². The van der Waals surface area contributed by atoms with Crippen molar-refractivity contribution in [2.24, 2.45) is 17.8 Å². The maximum atomic E-state index is 13.2. The van der Waals surface area contributed by atoms with Crippen LogP contribution >= 0.6 is 11.6 Å². The fraction of sp³-hybridized carbons (Fsp3) is 0.581. The Kier molecular flexibility index (Phi) is 10.9. The number of carbonyl (C=O) groups excluding carboxylic acids is 1. The van der Waals surface area contributed by atoms with Gasteiger partial charge in [-0.2, -0.15) is 18.4 Å². The van der Waals surface area contributed by atoms with Crippen LogP contribution in [-0.4, -0.2) is 108 Å². The van der Waals surface area contributed by atoms with Crippen LogP contribution in [0.15, 0.2) is 30.6 Å². The normalized spacial score (nSPS) is 23.7. The molecule has 0 radical (unpaired) electrons. The average molecular weight is 664 g/mol. The first kappa shape index (κ1) is 33.7. The molecule has 3 atom stereocenters. The number of piperazine rings is 1. The van der Waals surface area contributed by atoms with Gasteiger partial charge in [-0.1, -0.05) is 11.6 Å². The van der Waals surface area contributed by atoms with Crippen molar-refractivity contribution in [3.8, 4) is 11.8 Å². The lowest BCUT2D eigenvalue weighted by Gasteiger charge is -2.36. The molecule has 1 saturated carbocycles. The zero-order chi connectivity index (χ0) is 32.8. The zero-order valence-corrected chi connectivity index (χ0v) is 26.0. The second kappa shape index (κ2) is 14.8. The lowest BCUT2D eigenvalue weighted by atomic mass is 9.96. The Bertz CT molecular complexity index is 1400. The molecule has 6 rings (SSSR count). The molecular weight excluding hydrogens is 627 g/mol. The first-order valence-corrected chi connectivity index (χ1v) is 15.8. The molecule has 1 aromatic carbocycles. The number of anilines is 1. The van der Waals surface area contributed by atoms with Gasteiger partial charge in [0.2, 0.25) is 0 Å². The molecular formula is C31H37ClF3N7O4. The molecule has 0 bridgehead atoms. The number of nitrogens with zero attached hydrogens (tertiary/aromatic N) is 6. The van der Waals surface area contributed by atoms with E-state index in [9.17, 15) is 18.0 Å². The largest absolute Gasteiger partial charge is 0.490 e.